The van der Waals surface area contributed by atoms with Crippen molar-refractivity contribution in [2.24, 2.45) is 0 Å². The highest BCUT2D eigenvalue weighted by Gasteiger charge is 2.33. The monoisotopic (exact) mass is 328 g/mol. The summed E-state index contributed by atoms with van der Waals surface area (Å²) in [6.45, 7) is 3.37. The number of nitrogens with one attached hydrogen (secondary N) is 2. The third-order valence-corrected chi connectivity index (χ3v) is 3.43. The normalized spacial score (nSPS) is 13.4. The Balaban J connectivity index is 2.74. The van der Waals surface area contributed by atoms with Gasteiger partial charge in [-0.3, -0.25) is 0 Å². The van der Waals surface area contributed by atoms with Gasteiger partial charge in [-0.15, -0.1) is 0 Å². The van der Waals surface area contributed by atoms with E-state index in [2.05, 4.69) is 26.6 Å². The molecule has 0 saturated heterocycles. The second-order valence-electron chi connectivity index (χ2n) is 4.45. The summed E-state index contributed by atoms with van der Waals surface area (Å²) in [4.78, 5) is 23.1. The fourth-order valence-corrected chi connectivity index (χ4v) is 2.07. The molecule has 0 aliphatic rings. The first kappa shape index (κ1) is 15.5. The van der Waals surface area contributed by atoms with E-state index in [-0.39, 0.29) is 0 Å². The van der Waals surface area contributed by atoms with Crippen molar-refractivity contribution in [3.63, 3.8) is 0 Å². The maximum atomic E-state index is 11.9. The van der Waals surface area contributed by atoms with Gasteiger partial charge in [0.05, 0.1) is 5.69 Å². The van der Waals surface area contributed by atoms with Gasteiger partial charge in [0.25, 0.3) is 0 Å². The third kappa shape index (κ3) is 4.24. The van der Waals surface area contributed by atoms with E-state index in [1.54, 1.807) is 18.2 Å². The minimum atomic E-state index is -1.26. The number of amides is 2. The average Bonchev–Trinajstić information content (AvgIpc) is 2.32. The van der Waals surface area contributed by atoms with E-state index in [0.717, 1.165) is 4.47 Å². The molecule has 0 spiro atoms. The first-order valence-corrected chi connectivity index (χ1v) is 6.75. The zero-order chi connectivity index (χ0) is 14.5. The van der Waals surface area contributed by atoms with E-state index >= 15 is 0 Å². The SMILES string of the molecule is CCCC(C)(NC(=O)Nc1ccccc1Br)C(=O)O. The van der Waals surface area contributed by atoms with Crippen molar-refractivity contribution in [2.75, 3.05) is 5.32 Å². The van der Waals surface area contributed by atoms with Crippen LogP contribution in [0.4, 0.5) is 10.5 Å². The Kier molecular flexibility index (Phi) is 5.35. The van der Waals surface area contributed by atoms with Crippen LogP contribution in [0, 0.1) is 0 Å². The van der Waals surface area contributed by atoms with Crippen LogP contribution in [0.1, 0.15) is 26.7 Å². The molecule has 0 heterocycles. The van der Waals surface area contributed by atoms with E-state index in [1.807, 2.05) is 13.0 Å². The molecule has 19 heavy (non-hydrogen) atoms. The summed E-state index contributed by atoms with van der Waals surface area (Å²) in [7, 11) is 0. The minimum absolute atomic E-state index is 0.367. The fourth-order valence-electron chi connectivity index (χ4n) is 1.69. The molecule has 1 unspecified atom stereocenters. The van der Waals surface area contributed by atoms with Gasteiger partial charge in [0, 0.05) is 4.47 Å². The van der Waals surface area contributed by atoms with E-state index in [1.165, 1.54) is 6.92 Å². The molecule has 2 amide bonds. The van der Waals surface area contributed by atoms with Crippen LogP contribution in [0.25, 0.3) is 0 Å². The number of carboxylic acids is 1. The number of aliphatic carboxylic acids is 1. The molecule has 0 saturated carbocycles. The quantitative estimate of drug-likeness (QED) is 0.776. The highest BCUT2D eigenvalue weighted by Crippen LogP contribution is 2.21. The molecule has 1 aromatic rings. The number of hydrogen-bond acceptors (Lipinski definition) is 2. The number of hydrogen-bond donors (Lipinski definition) is 3. The van der Waals surface area contributed by atoms with Crippen molar-refractivity contribution < 1.29 is 14.7 Å². The average molecular weight is 329 g/mol. The summed E-state index contributed by atoms with van der Waals surface area (Å²) in [5, 5.41) is 14.3. The van der Waals surface area contributed by atoms with Gasteiger partial charge >= 0.3 is 12.0 Å². The smallest absolute Gasteiger partial charge is 0.329 e. The number of para-hydroxylation sites is 1. The van der Waals surface area contributed by atoms with Crippen molar-refractivity contribution in [1.82, 2.24) is 5.32 Å². The molecule has 3 N–H and O–H groups in total. The van der Waals surface area contributed by atoms with Gasteiger partial charge in [-0.25, -0.2) is 9.59 Å². The Morgan fingerprint density at radius 2 is 2.00 bits per heavy atom. The molecule has 0 aromatic heterocycles. The predicted molar refractivity (Wildman–Crippen MR) is 77.2 cm³/mol. The van der Waals surface area contributed by atoms with Gasteiger partial charge in [-0.05, 0) is 41.4 Å². The van der Waals surface area contributed by atoms with Crippen molar-refractivity contribution in [3.05, 3.63) is 28.7 Å². The molecule has 1 aromatic carbocycles. The molecule has 0 radical (unpaired) electrons. The second-order valence-corrected chi connectivity index (χ2v) is 5.30. The summed E-state index contributed by atoms with van der Waals surface area (Å²) >= 11 is 3.31. The van der Waals surface area contributed by atoms with Crippen LogP contribution in [0.15, 0.2) is 28.7 Å². The van der Waals surface area contributed by atoms with Crippen LogP contribution in [0.3, 0.4) is 0 Å². The molecule has 6 heteroatoms. The number of carbonyl (C=O) groups excluding carboxylic acids is 1. The highest BCUT2D eigenvalue weighted by atomic mass is 79.9. The standard InChI is InChI=1S/C13H17BrN2O3/c1-3-8-13(2,11(17)18)16-12(19)15-10-7-5-4-6-9(10)14/h4-7H,3,8H2,1-2H3,(H,17,18)(H2,15,16,19). The lowest BCUT2D eigenvalue weighted by Crippen LogP contribution is -2.53. The van der Waals surface area contributed by atoms with Gasteiger partial charge in [0.2, 0.25) is 0 Å². The molecule has 0 fully saturated rings. The number of anilines is 1. The summed E-state index contributed by atoms with van der Waals surface area (Å²) in [6.07, 6.45) is 1.03. The zero-order valence-electron chi connectivity index (χ0n) is 10.9. The first-order valence-electron chi connectivity index (χ1n) is 5.96. The lowest BCUT2D eigenvalue weighted by molar-refractivity contribution is -0.143. The lowest BCUT2D eigenvalue weighted by Gasteiger charge is -2.25. The van der Waals surface area contributed by atoms with E-state index in [0.29, 0.717) is 18.5 Å². The van der Waals surface area contributed by atoms with Crippen LogP contribution in [0.2, 0.25) is 0 Å². The number of benzene rings is 1. The molecule has 1 rings (SSSR count). The molecular formula is C13H17BrN2O3. The number of halogens is 1. The van der Waals surface area contributed by atoms with Gasteiger partial charge in [0.15, 0.2) is 0 Å². The molecule has 104 valence electrons. The van der Waals surface area contributed by atoms with E-state index in [9.17, 15) is 14.7 Å². The third-order valence-electron chi connectivity index (χ3n) is 2.73. The van der Waals surface area contributed by atoms with Crippen LogP contribution >= 0.6 is 15.9 Å². The fraction of sp³-hybridized carbons (Fsp3) is 0.385. The summed E-state index contributed by atoms with van der Waals surface area (Å²) in [5.74, 6) is -1.04. The zero-order valence-corrected chi connectivity index (χ0v) is 12.5. The molecule has 0 aliphatic carbocycles. The molecular weight excluding hydrogens is 312 g/mol. The van der Waals surface area contributed by atoms with Crippen molar-refractivity contribution >= 4 is 33.6 Å². The highest BCUT2D eigenvalue weighted by molar-refractivity contribution is 9.10. The van der Waals surface area contributed by atoms with Crippen LogP contribution < -0.4 is 10.6 Å². The number of urea groups is 1. The maximum Gasteiger partial charge on any atom is 0.329 e. The molecule has 0 bridgehead atoms. The van der Waals surface area contributed by atoms with Crippen LogP contribution in [0.5, 0.6) is 0 Å². The van der Waals surface area contributed by atoms with E-state index < -0.39 is 17.5 Å². The predicted octanol–water partition coefficient (Wildman–Crippen LogP) is 3.21. The Labute approximate surface area is 120 Å². The largest absolute Gasteiger partial charge is 0.480 e. The van der Waals surface area contributed by atoms with Crippen molar-refractivity contribution in [3.8, 4) is 0 Å². The van der Waals surface area contributed by atoms with Gasteiger partial charge in [-0.1, -0.05) is 25.5 Å². The number of carbonyl (C=O) groups is 2. The van der Waals surface area contributed by atoms with E-state index in [4.69, 9.17) is 0 Å². The summed E-state index contributed by atoms with van der Waals surface area (Å²) < 4.78 is 0.734. The number of carboxylic acid groups (broad SMARTS) is 1. The maximum absolute atomic E-state index is 11.9. The second kappa shape index (κ2) is 6.56. The van der Waals surface area contributed by atoms with Gasteiger partial charge < -0.3 is 15.7 Å². The number of rotatable bonds is 5. The first-order chi connectivity index (χ1) is 8.89. The Morgan fingerprint density at radius 1 is 1.37 bits per heavy atom. The summed E-state index contributed by atoms with van der Waals surface area (Å²) in [6, 6.07) is 6.58. The van der Waals surface area contributed by atoms with Crippen molar-refractivity contribution in [1.29, 1.82) is 0 Å². The Bertz CT molecular complexity index is 479. The lowest BCUT2D eigenvalue weighted by atomic mass is 9.97. The minimum Gasteiger partial charge on any atom is -0.480 e. The van der Waals surface area contributed by atoms with Gasteiger partial charge in [-0.2, -0.15) is 0 Å². The Morgan fingerprint density at radius 3 is 2.53 bits per heavy atom. The van der Waals surface area contributed by atoms with Crippen LogP contribution in [-0.4, -0.2) is 22.6 Å². The molecule has 5 nitrogen and oxygen atoms in total. The summed E-state index contributed by atoms with van der Waals surface area (Å²) in [5.41, 5.74) is -0.677. The molecule has 0 aliphatic heterocycles. The van der Waals surface area contributed by atoms with Crippen LogP contribution in [-0.2, 0) is 4.79 Å². The topological polar surface area (TPSA) is 78.4 Å². The molecule has 1 atom stereocenters. The van der Waals surface area contributed by atoms with Gasteiger partial charge in [0.1, 0.15) is 5.54 Å². The Hall–Kier alpha value is -1.56. The van der Waals surface area contributed by atoms with Crippen molar-refractivity contribution in [2.45, 2.75) is 32.2 Å².